The Labute approximate surface area is 113 Å². The van der Waals surface area contributed by atoms with E-state index in [4.69, 9.17) is 4.74 Å². The highest BCUT2D eigenvalue weighted by Gasteiger charge is 2.16. The van der Waals surface area contributed by atoms with Crippen molar-refractivity contribution >= 4 is 24.0 Å². The van der Waals surface area contributed by atoms with E-state index in [0.717, 1.165) is 20.9 Å². The molecule has 19 heavy (non-hydrogen) atoms. The summed E-state index contributed by atoms with van der Waals surface area (Å²) < 4.78 is 6.75. The molecule has 0 fully saturated rings. The van der Waals surface area contributed by atoms with Gasteiger partial charge in [-0.15, -0.1) is 0 Å². The van der Waals surface area contributed by atoms with E-state index >= 15 is 0 Å². The summed E-state index contributed by atoms with van der Waals surface area (Å²) in [5.74, 6) is -0.549. The summed E-state index contributed by atoms with van der Waals surface area (Å²) in [7, 11) is 2.72. The molecule has 8 heteroatoms. The fourth-order valence-electron chi connectivity index (χ4n) is 1.46. The second-order valence-electron chi connectivity index (χ2n) is 3.64. The topological polar surface area (TPSA) is 87.4 Å². The van der Waals surface area contributed by atoms with Crippen molar-refractivity contribution in [3.8, 4) is 0 Å². The van der Waals surface area contributed by atoms with E-state index in [1.807, 2.05) is 0 Å². The van der Waals surface area contributed by atoms with Gasteiger partial charge in [0.1, 0.15) is 5.56 Å². The van der Waals surface area contributed by atoms with Gasteiger partial charge in [0.15, 0.2) is 6.29 Å². The fraction of sp³-hybridized carbons (Fsp3) is 0.455. The van der Waals surface area contributed by atoms with E-state index in [-0.39, 0.29) is 22.9 Å². The molecule has 0 atom stereocenters. The maximum Gasteiger partial charge on any atom is 0.331 e. The van der Waals surface area contributed by atoms with Crippen LogP contribution in [0.5, 0.6) is 0 Å². The number of ether oxygens (including phenoxy) is 1. The minimum Gasteiger partial charge on any atom is -0.465 e. The molecule has 0 amide bonds. The third kappa shape index (κ3) is 3.14. The molecule has 0 aromatic carbocycles. The van der Waals surface area contributed by atoms with Crippen LogP contribution >= 0.6 is 11.8 Å². The summed E-state index contributed by atoms with van der Waals surface area (Å²) in [5.41, 5.74) is -1.37. The van der Waals surface area contributed by atoms with E-state index in [0.29, 0.717) is 6.29 Å². The molecule has 0 radical (unpaired) electrons. The lowest BCUT2D eigenvalue weighted by molar-refractivity contribution is -0.139. The molecule has 104 valence electrons. The van der Waals surface area contributed by atoms with Crippen LogP contribution in [0.3, 0.4) is 0 Å². The smallest absolute Gasteiger partial charge is 0.331 e. The first-order valence-corrected chi connectivity index (χ1v) is 6.46. The van der Waals surface area contributed by atoms with Crippen LogP contribution in [-0.4, -0.2) is 33.7 Å². The summed E-state index contributed by atoms with van der Waals surface area (Å²) in [6.07, 6.45) is 0.384. The first kappa shape index (κ1) is 15.2. The van der Waals surface area contributed by atoms with E-state index in [9.17, 15) is 19.2 Å². The second kappa shape index (κ2) is 6.37. The van der Waals surface area contributed by atoms with E-state index < -0.39 is 17.2 Å². The van der Waals surface area contributed by atoms with Crippen molar-refractivity contribution in [3.05, 3.63) is 26.4 Å². The number of nitrogens with zero attached hydrogens (tertiary/aromatic N) is 2. The number of aromatic nitrogens is 2. The molecular weight excluding hydrogens is 272 g/mol. The highest BCUT2D eigenvalue weighted by Crippen LogP contribution is 2.17. The molecule has 0 unspecified atom stereocenters. The van der Waals surface area contributed by atoms with Crippen molar-refractivity contribution in [1.29, 1.82) is 0 Å². The van der Waals surface area contributed by atoms with Crippen molar-refractivity contribution in [1.82, 2.24) is 9.13 Å². The minimum atomic E-state index is -0.676. The van der Waals surface area contributed by atoms with Gasteiger partial charge in [0.05, 0.1) is 17.4 Å². The van der Waals surface area contributed by atoms with Gasteiger partial charge in [-0.1, -0.05) is 11.8 Å². The number of aldehydes is 1. The van der Waals surface area contributed by atoms with Crippen LogP contribution in [-0.2, 0) is 23.6 Å². The number of thioether (sulfide) groups is 1. The number of rotatable bonds is 5. The molecule has 0 bridgehead atoms. The Morgan fingerprint density at radius 1 is 1.32 bits per heavy atom. The van der Waals surface area contributed by atoms with Gasteiger partial charge in [-0.25, -0.2) is 4.79 Å². The van der Waals surface area contributed by atoms with Crippen LogP contribution in [0.1, 0.15) is 17.3 Å². The average Bonchev–Trinajstić information content (AvgIpc) is 2.39. The van der Waals surface area contributed by atoms with Crippen LogP contribution in [0.4, 0.5) is 0 Å². The number of esters is 1. The van der Waals surface area contributed by atoms with Gasteiger partial charge >= 0.3 is 11.7 Å². The Kier molecular flexibility index (Phi) is 5.11. The lowest BCUT2D eigenvalue weighted by Gasteiger charge is -2.11. The molecule has 0 saturated heterocycles. The van der Waals surface area contributed by atoms with E-state index in [1.54, 1.807) is 6.92 Å². The predicted octanol–water partition coefficient (Wildman–Crippen LogP) is -0.448. The van der Waals surface area contributed by atoms with Crippen molar-refractivity contribution < 1.29 is 14.3 Å². The predicted molar refractivity (Wildman–Crippen MR) is 69.7 cm³/mol. The largest absolute Gasteiger partial charge is 0.465 e. The number of carbonyl (C=O) groups is 2. The molecule has 1 aromatic rings. The van der Waals surface area contributed by atoms with E-state index in [1.165, 1.54) is 14.1 Å². The summed E-state index contributed by atoms with van der Waals surface area (Å²) in [4.78, 5) is 45.7. The zero-order valence-corrected chi connectivity index (χ0v) is 11.7. The average molecular weight is 286 g/mol. The summed E-state index contributed by atoms with van der Waals surface area (Å²) in [6, 6.07) is 0. The maximum absolute atomic E-state index is 11.8. The SMILES string of the molecule is CCOC(=O)CSc1c(C=O)c(=O)n(C)c(=O)n1C. The fourth-order valence-corrected chi connectivity index (χ4v) is 2.36. The Morgan fingerprint density at radius 2 is 1.95 bits per heavy atom. The Morgan fingerprint density at radius 3 is 2.47 bits per heavy atom. The van der Waals surface area contributed by atoms with Crippen LogP contribution in [0.15, 0.2) is 14.6 Å². The standard InChI is InChI=1S/C11H14N2O5S/c1-4-18-8(15)6-19-10-7(5-14)9(16)12(2)11(17)13(10)3/h5H,4,6H2,1-3H3. The molecule has 0 N–H and O–H groups in total. The quantitative estimate of drug-likeness (QED) is 0.315. The highest BCUT2D eigenvalue weighted by molar-refractivity contribution is 8.00. The van der Waals surface area contributed by atoms with Crippen molar-refractivity contribution in [2.75, 3.05) is 12.4 Å². The Bertz CT molecular complexity index is 617. The van der Waals surface area contributed by atoms with Gasteiger partial charge < -0.3 is 4.74 Å². The third-order valence-corrected chi connectivity index (χ3v) is 3.54. The maximum atomic E-state index is 11.8. The van der Waals surface area contributed by atoms with Crippen molar-refractivity contribution in [2.24, 2.45) is 14.1 Å². The minimum absolute atomic E-state index is 0.0743. The number of hydrogen-bond acceptors (Lipinski definition) is 6. The van der Waals surface area contributed by atoms with Crippen LogP contribution in [0, 0.1) is 0 Å². The van der Waals surface area contributed by atoms with Gasteiger partial charge in [-0.3, -0.25) is 23.5 Å². The second-order valence-corrected chi connectivity index (χ2v) is 4.60. The van der Waals surface area contributed by atoms with Crippen LogP contribution in [0.25, 0.3) is 0 Å². The lowest BCUT2D eigenvalue weighted by Crippen LogP contribution is -2.40. The number of hydrogen-bond donors (Lipinski definition) is 0. The molecule has 1 rings (SSSR count). The van der Waals surface area contributed by atoms with E-state index in [2.05, 4.69) is 0 Å². The first-order valence-electron chi connectivity index (χ1n) is 5.47. The molecule has 7 nitrogen and oxygen atoms in total. The van der Waals surface area contributed by atoms with Gasteiger partial charge in [0.2, 0.25) is 0 Å². The van der Waals surface area contributed by atoms with Gasteiger partial charge in [-0.05, 0) is 6.92 Å². The van der Waals surface area contributed by atoms with Crippen LogP contribution in [0.2, 0.25) is 0 Å². The highest BCUT2D eigenvalue weighted by atomic mass is 32.2. The molecule has 1 heterocycles. The molecule has 1 aromatic heterocycles. The van der Waals surface area contributed by atoms with Gasteiger partial charge in [0, 0.05) is 14.1 Å². The summed E-state index contributed by atoms with van der Waals surface area (Å²) in [5, 5.41) is 0.163. The van der Waals surface area contributed by atoms with Crippen molar-refractivity contribution in [3.63, 3.8) is 0 Å². The molecule has 0 saturated carbocycles. The third-order valence-electron chi connectivity index (χ3n) is 2.39. The van der Waals surface area contributed by atoms with Gasteiger partial charge in [0.25, 0.3) is 5.56 Å². The molecule has 0 aliphatic rings. The lowest BCUT2D eigenvalue weighted by atomic mass is 10.3. The summed E-state index contributed by atoms with van der Waals surface area (Å²) >= 11 is 0.927. The molecule has 0 aliphatic heterocycles. The van der Waals surface area contributed by atoms with Crippen LogP contribution < -0.4 is 11.2 Å². The normalized spacial score (nSPS) is 10.3. The van der Waals surface area contributed by atoms with Crippen molar-refractivity contribution in [2.45, 2.75) is 11.9 Å². The first-order chi connectivity index (χ1) is 8.93. The zero-order valence-electron chi connectivity index (χ0n) is 10.8. The Hall–Kier alpha value is -1.83. The molecule has 0 aliphatic carbocycles. The number of carbonyl (C=O) groups excluding carboxylic acids is 2. The molecular formula is C11H14N2O5S. The summed E-state index contributed by atoms with van der Waals surface area (Å²) in [6.45, 7) is 1.92. The monoisotopic (exact) mass is 286 g/mol. The Balaban J connectivity index is 3.20. The molecule has 0 spiro atoms. The van der Waals surface area contributed by atoms with Gasteiger partial charge in [-0.2, -0.15) is 0 Å². The zero-order chi connectivity index (χ0) is 14.6.